The molecule has 0 saturated heterocycles. The third-order valence-corrected chi connectivity index (χ3v) is 4.29. The number of hydrogen-bond acceptors (Lipinski definition) is 3. The van der Waals surface area contributed by atoms with E-state index in [1.807, 2.05) is 12.1 Å². The van der Waals surface area contributed by atoms with Crippen LogP contribution in [0.2, 0.25) is 0 Å². The minimum absolute atomic E-state index is 0.0574. The Labute approximate surface area is 113 Å². The molecule has 0 amide bonds. The number of aryl methyl sites for hydroxylation is 1. The number of carbonyl (C=O) groups excluding carboxylic acids is 1. The van der Waals surface area contributed by atoms with Crippen molar-refractivity contribution in [3.63, 3.8) is 0 Å². The Kier molecular flexibility index (Phi) is 4.07. The van der Waals surface area contributed by atoms with E-state index in [4.69, 9.17) is 0 Å². The minimum atomic E-state index is 0.0574. The van der Waals surface area contributed by atoms with Crippen LogP contribution >= 0.6 is 27.3 Å². The highest BCUT2D eigenvalue weighted by atomic mass is 79.9. The number of pyridine rings is 1. The van der Waals surface area contributed by atoms with Crippen LogP contribution in [0.1, 0.15) is 27.2 Å². The first-order valence-electron chi connectivity index (χ1n) is 5.42. The molecule has 88 valence electrons. The lowest BCUT2D eigenvalue weighted by Crippen LogP contribution is -2.05. The van der Waals surface area contributed by atoms with Crippen LogP contribution in [0.5, 0.6) is 0 Å². The van der Waals surface area contributed by atoms with E-state index >= 15 is 0 Å². The average Bonchev–Trinajstić information content (AvgIpc) is 2.77. The van der Waals surface area contributed by atoms with Gasteiger partial charge < -0.3 is 0 Å². The van der Waals surface area contributed by atoms with Crippen LogP contribution in [-0.4, -0.2) is 10.8 Å². The van der Waals surface area contributed by atoms with Gasteiger partial charge in [-0.2, -0.15) is 0 Å². The van der Waals surface area contributed by atoms with Gasteiger partial charge in [0.25, 0.3) is 0 Å². The monoisotopic (exact) mass is 309 g/mol. The molecule has 17 heavy (non-hydrogen) atoms. The molecule has 0 spiro atoms. The van der Waals surface area contributed by atoms with Crippen molar-refractivity contribution in [2.75, 3.05) is 0 Å². The number of halogens is 1. The van der Waals surface area contributed by atoms with Crippen molar-refractivity contribution in [1.29, 1.82) is 0 Å². The predicted molar refractivity (Wildman–Crippen MR) is 73.7 cm³/mol. The van der Waals surface area contributed by atoms with Gasteiger partial charge in [-0.3, -0.25) is 9.78 Å². The lowest BCUT2D eigenvalue weighted by atomic mass is 10.2. The van der Waals surface area contributed by atoms with E-state index in [0.29, 0.717) is 12.1 Å². The van der Waals surface area contributed by atoms with E-state index in [2.05, 4.69) is 33.9 Å². The Hall–Kier alpha value is -1.000. The molecule has 2 rings (SSSR count). The molecule has 0 aliphatic rings. The highest BCUT2D eigenvalue weighted by Crippen LogP contribution is 2.20. The molecule has 2 aromatic heterocycles. The number of ketones is 1. The summed E-state index contributed by atoms with van der Waals surface area (Å²) in [6.07, 6.45) is 3.09. The summed E-state index contributed by atoms with van der Waals surface area (Å²) < 4.78 is 0.761. The van der Waals surface area contributed by atoms with Crippen LogP contribution in [-0.2, 0) is 12.8 Å². The van der Waals surface area contributed by atoms with Crippen LogP contribution < -0.4 is 0 Å². The van der Waals surface area contributed by atoms with E-state index in [9.17, 15) is 4.79 Å². The first-order valence-corrected chi connectivity index (χ1v) is 7.03. The lowest BCUT2D eigenvalue weighted by Gasteiger charge is -2.00. The molecule has 0 aliphatic carbocycles. The maximum Gasteiger partial charge on any atom is 0.187 e. The molecule has 0 aromatic carbocycles. The molecule has 4 heteroatoms. The molecule has 0 unspecified atom stereocenters. The summed E-state index contributed by atoms with van der Waals surface area (Å²) in [4.78, 5) is 18.6. The van der Waals surface area contributed by atoms with Crippen LogP contribution in [0.3, 0.4) is 0 Å². The van der Waals surface area contributed by atoms with Gasteiger partial charge in [0, 0.05) is 26.8 Å². The van der Waals surface area contributed by atoms with E-state index < -0.39 is 0 Å². The molecular weight excluding hydrogens is 298 g/mol. The topological polar surface area (TPSA) is 30.0 Å². The van der Waals surface area contributed by atoms with Gasteiger partial charge in [0.2, 0.25) is 0 Å². The number of rotatable bonds is 4. The van der Waals surface area contributed by atoms with Crippen LogP contribution in [0.15, 0.2) is 34.9 Å². The number of thiophene rings is 1. The minimum Gasteiger partial charge on any atom is -0.292 e. The Morgan fingerprint density at radius 3 is 2.76 bits per heavy atom. The summed E-state index contributed by atoms with van der Waals surface area (Å²) >= 11 is 5.05. The second-order valence-electron chi connectivity index (χ2n) is 3.66. The molecule has 0 fully saturated rings. The third kappa shape index (κ3) is 3.01. The Bertz CT molecular complexity index is 536. The predicted octanol–water partition coefficient (Wildman–Crippen LogP) is 3.89. The van der Waals surface area contributed by atoms with E-state index in [0.717, 1.165) is 15.8 Å². The summed E-state index contributed by atoms with van der Waals surface area (Å²) in [6.45, 7) is 2.12. The van der Waals surface area contributed by atoms with Crippen molar-refractivity contribution in [3.8, 4) is 0 Å². The molecule has 2 heterocycles. The normalized spacial score (nSPS) is 10.5. The van der Waals surface area contributed by atoms with E-state index in [-0.39, 0.29) is 5.78 Å². The molecule has 0 atom stereocenters. The first kappa shape index (κ1) is 12.5. The highest BCUT2D eigenvalue weighted by molar-refractivity contribution is 9.10. The number of Topliss-reactive ketones (excluding diaryl/α,β-unsaturated/α-hetero) is 1. The molecule has 0 N–H and O–H groups in total. The summed E-state index contributed by atoms with van der Waals surface area (Å²) in [5.41, 5.74) is 0.513. The second kappa shape index (κ2) is 5.56. The smallest absolute Gasteiger partial charge is 0.187 e. The maximum absolute atomic E-state index is 12.0. The van der Waals surface area contributed by atoms with Gasteiger partial charge >= 0.3 is 0 Å². The fourth-order valence-electron chi connectivity index (χ4n) is 1.54. The molecule has 0 bridgehead atoms. The van der Waals surface area contributed by atoms with Crippen LogP contribution in [0, 0.1) is 0 Å². The zero-order valence-electron chi connectivity index (χ0n) is 9.44. The molecule has 0 aliphatic heterocycles. The van der Waals surface area contributed by atoms with Gasteiger partial charge in [-0.1, -0.05) is 6.92 Å². The Morgan fingerprint density at radius 1 is 1.35 bits per heavy atom. The molecule has 2 aromatic rings. The third-order valence-electron chi connectivity index (χ3n) is 2.42. The SMILES string of the molecule is CCc1ccc(CC(=O)c2ncccc2Br)s1. The zero-order valence-corrected chi connectivity index (χ0v) is 11.8. The summed E-state index contributed by atoms with van der Waals surface area (Å²) in [5.74, 6) is 0.0574. The lowest BCUT2D eigenvalue weighted by molar-refractivity contribution is 0.0988. The number of carbonyl (C=O) groups is 1. The molecule has 0 radical (unpaired) electrons. The van der Waals surface area contributed by atoms with Crippen molar-refractivity contribution in [2.24, 2.45) is 0 Å². The van der Waals surface area contributed by atoms with Gasteiger partial charge in [-0.25, -0.2) is 0 Å². The summed E-state index contributed by atoms with van der Waals surface area (Å²) in [5, 5.41) is 0. The van der Waals surface area contributed by atoms with Gasteiger partial charge in [-0.15, -0.1) is 11.3 Å². The fraction of sp³-hybridized carbons (Fsp3) is 0.231. The van der Waals surface area contributed by atoms with Crippen molar-refractivity contribution in [2.45, 2.75) is 19.8 Å². The Balaban J connectivity index is 2.14. The van der Waals surface area contributed by atoms with Crippen LogP contribution in [0.4, 0.5) is 0 Å². The van der Waals surface area contributed by atoms with Crippen LogP contribution in [0.25, 0.3) is 0 Å². The fourth-order valence-corrected chi connectivity index (χ4v) is 2.97. The second-order valence-corrected chi connectivity index (χ2v) is 5.76. The Morgan fingerprint density at radius 2 is 2.12 bits per heavy atom. The van der Waals surface area contributed by atoms with Crippen molar-refractivity contribution < 1.29 is 4.79 Å². The van der Waals surface area contributed by atoms with Gasteiger partial charge in [0.05, 0.1) is 0 Å². The number of nitrogens with zero attached hydrogens (tertiary/aromatic N) is 1. The number of aromatic nitrogens is 1. The summed E-state index contributed by atoms with van der Waals surface area (Å²) in [6, 6.07) is 7.76. The van der Waals surface area contributed by atoms with Crippen molar-refractivity contribution >= 4 is 33.0 Å². The van der Waals surface area contributed by atoms with E-state index in [1.165, 1.54) is 4.88 Å². The quantitative estimate of drug-likeness (QED) is 0.802. The molecule has 2 nitrogen and oxygen atoms in total. The standard InChI is InChI=1S/C13H12BrNOS/c1-2-9-5-6-10(17-9)8-12(16)13-11(14)4-3-7-15-13/h3-7H,2,8H2,1H3. The van der Waals surface area contributed by atoms with Gasteiger partial charge in [0.1, 0.15) is 5.69 Å². The van der Waals surface area contributed by atoms with Crippen molar-refractivity contribution in [3.05, 3.63) is 50.4 Å². The van der Waals surface area contributed by atoms with Gasteiger partial charge in [0.15, 0.2) is 5.78 Å². The maximum atomic E-state index is 12.0. The van der Waals surface area contributed by atoms with E-state index in [1.54, 1.807) is 23.6 Å². The van der Waals surface area contributed by atoms with Crippen molar-refractivity contribution in [1.82, 2.24) is 4.98 Å². The summed E-state index contributed by atoms with van der Waals surface area (Å²) in [7, 11) is 0. The molecular formula is C13H12BrNOS. The highest BCUT2D eigenvalue weighted by Gasteiger charge is 2.12. The average molecular weight is 310 g/mol. The first-order chi connectivity index (χ1) is 8.20. The number of hydrogen-bond donors (Lipinski definition) is 0. The zero-order chi connectivity index (χ0) is 12.3. The largest absolute Gasteiger partial charge is 0.292 e. The molecule has 0 saturated carbocycles. The van der Waals surface area contributed by atoms with Gasteiger partial charge in [-0.05, 0) is 46.6 Å².